The van der Waals surface area contributed by atoms with Crippen LogP contribution in [0.1, 0.15) is 91.1 Å². The molecule has 1 aromatic rings. The van der Waals surface area contributed by atoms with Gasteiger partial charge in [0.05, 0.1) is 11.4 Å². The minimum atomic E-state index is 0.393. The summed E-state index contributed by atoms with van der Waals surface area (Å²) < 4.78 is 0. The van der Waals surface area contributed by atoms with Crippen molar-refractivity contribution in [2.75, 3.05) is 0 Å². The highest BCUT2D eigenvalue weighted by Crippen LogP contribution is 2.31. The third-order valence-electron chi connectivity index (χ3n) is 3.45. The van der Waals surface area contributed by atoms with Crippen molar-refractivity contribution in [1.29, 1.82) is 0 Å². The molecule has 0 bridgehead atoms. The second kappa shape index (κ2) is 14.2. The van der Waals surface area contributed by atoms with Crippen molar-refractivity contribution < 1.29 is 0 Å². The molecule has 132 valence electrons. The normalized spacial score (nSPS) is 11.8. The van der Waals surface area contributed by atoms with Crippen molar-refractivity contribution >= 4 is 5.57 Å². The van der Waals surface area contributed by atoms with Gasteiger partial charge in [0, 0.05) is 5.56 Å². The summed E-state index contributed by atoms with van der Waals surface area (Å²) in [5.74, 6) is 0.911. The Labute approximate surface area is 145 Å². The van der Waals surface area contributed by atoms with Gasteiger partial charge >= 0.3 is 0 Å². The molecule has 0 aliphatic heterocycles. The van der Waals surface area contributed by atoms with Gasteiger partial charge in [-0.3, -0.25) is 0 Å². The summed E-state index contributed by atoms with van der Waals surface area (Å²) >= 11 is 0. The maximum Gasteiger partial charge on any atom is 0.0731 e. The Kier molecular flexibility index (Phi) is 14.7. The summed E-state index contributed by atoms with van der Waals surface area (Å²) in [5, 5.41) is 8.60. The molecule has 1 heterocycles. The average Bonchev–Trinajstić information content (AvgIpc) is 2.57. The van der Waals surface area contributed by atoms with E-state index in [-0.39, 0.29) is 0 Å². The van der Waals surface area contributed by atoms with E-state index in [1.807, 2.05) is 40.7 Å². The second-order valence-electron chi connectivity index (χ2n) is 5.45. The lowest BCUT2D eigenvalue weighted by atomic mass is 9.87. The molecule has 0 radical (unpaired) electrons. The topological polar surface area (TPSA) is 25.8 Å². The SMILES string of the molecule is C=CCCC(C)/C(=C\C)c1cc(C)nnc1C(C)C.CC.CC. The van der Waals surface area contributed by atoms with Gasteiger partial charge < -0.3 is 0 Å². The molecule has 0 aromatic carbocycles. The molecule has 1 rings (SSSR count). The molecule has 23 heavy (non-hydrogen) atoms. The predicted octanol–water partition coefficient (Wildman–Crippen LogP) is 6.97. The molecule has 0 fully saturated rings. The monoisotopic (exact) mass is 318 g/mol. The minimum absolute atomic E-state index is 0.393. The van der Waals surface area contributed by atoms with E-state index in [2.05, 4.69) is 56.6 Å². The molecule has 0 spiro atoms. The van der Waals surface area contributed by atoms with Crippen LogP contribution in [0.4, 0.5) is 0 Å². The number of aryl methyl sites for hydroxylation is 1. The van der Waals surface area contributed by atoms with Crippen molar-refractivity contribution in [2.24, 2.45) is 5.92 Å². The smallest absolute Gasteiger partial charge is 0.0731 e. The van der Waals surface area contributed by atoms with Gasteiger partial charge in [-0.25, -0.2) is 0 Å². The third kappa shape index (κ3) is 8.11. The van der Waals surface area contributed by atoms with Crippen molar-refractivity contribution in [1.82, 2.24) is 10.2 Å². The van der Waals surface area contributed by atoms with Crippen LogP contribution in [0.25, 0.3) is 5.57 Å². The molecule has 2 nitrogen and oxygen atoms in total. The van der Waals surface area contributed by atoms with Gasteiger partial charge in [-0.2, -0.15) is 10.2 Å². The predicted molar refractivity (Wildman–Crippen MR) is 106 cm³/mol. The van der Waals surface area contributed by atoms with Gasteiger partial charge in [0.1, 0.15) is 0 Å². The van der Waals surface area contributed by atoms with Crippen LogP contribution < -0.4 is 0 Å². The van der Waals surface area contributed by atoms with E-state index in [1.54, 1.807) is 0 Å². The van der Waals surface area contributed by atoms with Crippen LogP contribution >= 0.6 is 0 Å². The fourth-order valence-electron chi connectivity index (χ4n) is 2.38. The lowest BCUT2D eigenvalue weighted by Crippen LogP contribution is -2.07. The zero-order valence-electron chi connectivity index (χ0n) is 16.9. The summed E-state index contributed by atoms with van der Waals surface area (Å²) in [7, 11) is 0. The van der Waals surface area contributed by atoms with E-state index in [4.69, 9.17) is 0 Å². The highest BCUT2D eigenvalue weighted by molar-refractivity contribution is 5.69. The van der Waals surface area contributed by atoms with Crippen molar-refractivity contribution in [3.63, 3.8) is 0 Å². The zero-order valence-corrected chi connectivity index (χ0v) is 16.9. The Bertz CT molecular complexity index is 459. The van der Waals surface area contributed by atoms with Crippen LogP contribution in [0.5, 0.6) is 0 Å². The molecule has 1 unspecified atom stereocenters. The Balaban J connectivity index is 0. The van der Waals surface area contributed by atoms with E-state index in [0.29, 0.717) is 11.8 Å². The molecule has 0 saturated carbocycles. The first kappa shape index (κ1) is 23.8. The molecule has 0 aliphatic rings. The van der Waals surface area contributed by atoms with Gasteiger partial charge in [0.15, 0.2) is 0 Å². The fraction of sp³-hybridized carbons (Fsp3) is 0.619. The van der Waals surface area contributed by atoms with Crippen LogP contribution in [-0.4, -0.2) is 10.2 Å². The average molecular weight is 319 g/mol. The van der Waals surface area contributed by atoms with E-state index in [0.717, 1.165) is 24.2 Å². The van der Waals surface area contributed by atoms with Crippen LogP contribution in [0, 0.1) is 12.8 Å². The largest absolute Gasteiger partial charge is 0.156 e. The molecule has 0 N–H and O–H groups in total. The Morgan fingerprint density at radius 1 is 1.13 bits per heavy atom. The first-order chi connectivity index (χ1) is 11.0. The van der Waals surface area contributed by atoms with Crippen molar-refractivity contribution in [3.05, 3.63) is 41.7 Å². The number of nitrogens with zero attached hydrogens (tertiary/aromatic N) is 2. The molecule has 0 amide bonds. The Hall–Kier alpha value is -1.44. The van der Waals surface area contributed by atoms with E-state index in [1.165, 1.54) is 11.1 Å². The summed E-state index contributed by atoms with van der Waals surface area (Å²) in [6, 6.07) is 2.17. The lowest BCUT2D eigenvalue weighted by molar-refractivity contribution is 0.669. The molecule has 2 heteroatoms. The zero-order chi connectivity index (χ0) is 18.4. The molecule has 1 atom stereocenters. The summed E-state index contributed by atoms with van der Waals surface area (Å²) in [6.07, 6.45) is 6.38. The van der Waals surface area contributed by atoms with Crippen molar-refractivity contribution in [3.8, 4) is 0 Å². The van der Waals surface area contributed by atoms with Crippen LogP contribution in [0.3, 0.4) is 0 Å². The van der Waals surface area contributed by atoms with Gasteiger partial charge in [0.25, 0.3) is 0 Å². The number of rotatable bonds is 6. The van der Waals surface area contributed by atoms with Gasteiger partial charge in [0.2, 0.25) is 0 Å². The second-order valence-corrected chi connectivity index (χ2v) is 5.45. The number of aromatic nitrogens is 2. The number of hydrogen-bond acceptors (Lipinski definition) is 2. The Morgan fingerprint density at radius 3 is 2.13 bits per heavy atom. The van der Waals surface area contributed by atoms with Gasteiger partial charge in [-0.15, -0.1) is 6.58 Å². The first-order valence-corrected chi connectivity index (χ1v) is 9.12. The number of allylic oxidation sites excluding steroid dienone is 3. The quantitative estimate of drug-likeness (QED) is 0.529. The minimum Gasteiger partial charge on any atom is -0.156 e. The van der Waals surface area contributed by atoms with Crippen LogP contribution in [0.15, 0.2) is 24.8 Å². The van der Waals surface area contributed by atoms with Gasteiger partial charge in [-0.05, 0) is 50.2 Å². The fourth-order valence-corrected chi connectivity index (χ4v) is 2.38. The number of hydrogen-bond donors (Lipinski definition) is 0. The lowest BCUT2D eigenvalue weighted by Gasteiger charge is -2.19. The van der Waals surface area contributed by atoms with E-state index in [9.17, 15) is 0 Å². The maximum absolute atomic E-state index is 4.40. The summed E-state index contributed by atoms with van der Waals surface area (Å²) in [5.41, 5.74) is 4.73. The summed E-state index contributed by atoms with van der Waals surface area (Å²) in [6.45, 7) is 22.5. The molecule has 1 aromatic heterocycles. The molecule has 0 saturated heterocycles. The summed E-state index contributed by atoms with van der Waals surface area (Å²) in [4.78, 5) is 0. The first-order valence-electron chi connectivity index (χ1n) is 9.12. The van der Waals surface area contributed by atoms with Crippen LogP contribution in [-0.2, 0) is 0 Å². The van der Waals surface area contributed by atoms with Crippen molar-refractivity contribution in [2.45, 2.75) is 81.1 Å². The molecule has 0 aliphatic carbocycles. The van der Waals surface area contributed by atoms with Crippen LogP contribution in [0.2, 0.25) is 0 Å². The van der Waals surface area contributed by atoms with Gasteiger partial charge in [-0.1, -0.05) is 60.6 Å². The third-order valence-corrected chi connectivity index (χ3v) is 3.45. The molecular weight excluding hydrogens is 280 g/mol. The van der Waals surface area contributed by atoms with E-state index >= 15 is 0 Å². The maximum atomic E-state index is 4.40. The highest BCUT2D eigenvalue weighted by Gasteiger charge is 2.17. The van der Waals surface area contributed by atoms with E-state index < -0.39 is 0 Å². The standard InChI is InChI=1S/C17H26N2.2C2H6/c1-7-9-10-13(5)15(8-2)16-11-14(6)18-19-17(16)12(3)4;2*1-2/h7-8,11-13H,1,9-10H2,2-6H3;2*1-2H3/b15-8+;;. The Morgan fingerprint density at radius 2 is 1.70 bits per heavy atom. The molecular formula is C21H38N2. The highest BCUT2D eigenvalue weighted by atomic mass is 15.1.